The number of halogens is 3. The maximum absolute atomic E-state index is 13.2. The second-order valence-electron chi connectivity index (χ2n) is 8.09. The Labute approximate surface area is 228 Å². The van der Waals surface area contributed by atoms with Crippen molar-refractivity contribution in [2.24, 2.45) is 5.10 Å². The van der Waals surface area contributed by atoms with Crippen molar-refractivity contribution in [1.82, 2.24) is 9.66 Å². The number of hydrogen-bond acceptors (Lipinski definition) is 6. The first-order valence-electron chi connectivity index (χ1n) is 11.2. The van der Waals surface area contributed by atoms with Gasteiger partial charge < -0.3 is 14.2 Å². The molecule has 0 amide bonds. The van der Waals surface area contributed by atoms with E-state index >= 15 is 0 Å². The molecule has 3 aromatic carbocycles. The van der Waals surface area contributed by atoms with E-state index in [-0.39, 0.29) is 12.4 Å². The van der Waals surface area contributed by atoms with Gasteiger partial charge in [0, 0.05) is 10.9 Å². The molecular weight excluding hydrogens is 614 g/mol. The molecule has 1 aromatic heterocycles. The summed E-state index contributed by atoms with van der Waals surface area (Å²) >= 11 is 13.5. The molecule has 2 heterocycles. The van der Waals surface area contributed by atoms with Gasteiger partial charge in [0.25, 0.3) is 5.56 Å². The van der Waals surface area contributed by atoms with Crippen molar-refractivity contribution in [2.45, 2.75) is 26.4 Å². The first-order valence-corrected chi connectivity index (χ1v) is 13.1. The molecule has 0 bridgehead atoms. The maximum atomic E-state index is 13.2. The van der Waals surface area contributed by atoms with Gasteiger partial charge in [0.2, 0.25) is 6.79 Å². The Kier molecular flexibility index (Phi) is 7.32. The zero-order valence-electron chi connectivity index (χ0n) is 19.1. The van der Waals surface area contributed by atoms with Crippen LogP contribution >= 0.6 is 43.5 Å². The van der Waals surface area contributed by atoms with Crippen molar-refractivity contribution in [3.63, 3.8) is 0 Å². The van der Waals surface area contributed by atoms with Gasteiger partial charge in [-0.05, 0) is 75.9 Å². The van der Waals surface area contributed by atoms with E-state index in [2.05, 4.69) is 41.9 Å². The molecule has 0 saturated carbocycles. The van der Waals surface area contributed by atoms with E-state index in [9.17, 15) is 4.79 Å². The number of aromatic nitrogens is 2. The van der Waals surface area contributed by atoms with Crippen LogP contribution in [0.3, 0.4) is 0 Å². The van der Waals surface area contributed by atoms with Crippen molar-refractivity contribution in [3.8, 4) is 17.2 Å². The van der Waals surface area contributed by atoms with Gasteiger partial charge in [-0.25, -0.2) is 4.98 Å². The first kappa shape index (κ1) is 24.8. The lowest BCUT2D eigenvalue weighted by Gasteiger charge is -2.12. The summed E-state index contributed by atoms with van der Waals surface area (Å²) in [7, 11) is 0. The number of aryl methyl sites for hydroxylation is 1. The summed E-state index contributed by atoms with van der Waals surface area (Å²) in [5.74, 6) is 2.52. The van der Waals surface area contributed by atoms with Gasteiger partial charge in [-0.3, -0.25) is 4.79 Å². The van der Waals surface area contributed by atoms with Crippen molar-refractivity contribution in [3.05, 3.63) is 89.8 Å². The Morgan fingerprint density at radius 1 is 1.14 bits per heavy atom. The monoisotopic (exact) mass is 631 g/mol. The molecule has 7 nitrogen and oxygen atoms in total. The molecule has 1 aliphatic rings. The number of nitrogens with zero attached hydrogens (tertiary/aromatic N) is 3. The standard InChI is InChI=1S/C26H20Br2ClN3O4/c1-2-3-24-31-21-6-5-17(27)11-18(21)26(33)32(24)30-12-16-8-19(28)25(20(29)9-16)34-13-15-4-7-22-23(10-15)36-14-35-22/h4-12H,2-3,13-14H2,1H3. The molecule has 5 rings (SSSR count). The molecule has 0 fully saturated rings. The quantitative estimate of drug-likeness (QED) is 0.212. The first-order chi connectivity index (χ1) is 17.4. The van der Waals surface area contributed by atoms with Crippen molar-refractivity contribution < 1.29 is 14.2 Å². The number of rotatable bonds is 7. The summed E-state index contributed by atoms with van der Waals surface area (Å²) in [6, 6.07) is 14.7. The Hall–Kier alpha value is -2.88. The van der Waals surface area contributed by atoms with E-state index in [4.69, 9.17) is 25.8 Å². The third kappa shape index (κ3) is 5.14. The molecule has 10 heteroatoms. The van der Waals surface area contributed by atoms with Crippen molar-refractivity contribution in [2.75, 3.05) is 6.79 Å². The summed E-state index contributed by atoms with van der Waals surface area (Å²) in [5, 5.41) is 5.37. The third-order valence-corrected chi connectivity index (χ3v) is 6.88. The van der Waals surface area contributed by atoms with Crippen LogP contribution in [-0.2, 0) is 13.0 Å². The molecule has 0 aliphatic carbocycles. The molecule has 0 saturated heterocycles. The van der Waals surface area contributed by atoms with E-state index in [0.29, 0.717) is 56.3 Å². The highest BCUT2D eigenvalue weighted by molar-refractivity contribution is 9.10. The predicted molar refractivity (Wildman–Crippen MR) is 147 cm³/mol. The minimum absolute atomic E-state index is 0.221. The predicted octanol–water partition coefficient (Wildman–Crippen LogP) is 6.72. The molecule has 0 unspecified atom stereocenters. The zero-order chi connectivity index (χ0) is 25.2. The van der Waals surface area contributed by atoms with E-state index < -0.39 is 0 Å². The molecule has 184 valence electrons. The van der Waals surface area contributed by atoms with Crippen LogP contribution in [0.1, 0.15) is 30.3 Å². The molecule has 1 aliphatic heterocycles. The zero-order valence-corrected chi connectivity index (χ0v) is 23.1. The van der Waals surface area contributed by atoms with Crippen LogP contribution in [0.25, 0.3) is 10.9 Å². The molecule has 0 spiro atoms. The lowest BCUT2D eigenvalue weighted by molar-refractivity contribution is 0.174. The summed E-state index contributed by atoms with van der Waals surface area (Å²) in [5.41, 5.74) is 2.04. The third-order valence-electron chi connectivity index (χ3n) is 5.51. The molecule has 0 atom stereocenters. The summed E-state index contributed by atoms with van der Waals surface area (Å²) in [6.45, 7) is 2.56. The van der Waals surface area contributed by atoms with E-state index in [1.807, 2.05) is 43.3 Å². The highest BCUT2D eigenvalue weighted by Crippen LogP contribution is 2.36. The van der Waals surface area contributed by atoms with Crippen LogP contribution < -0.4 is 19.8 Å². The maximum Gasteiger partial charge on any atom is 0.282 e. The highest BCUT2D eigenvalue weighted by Gasteiger charge is 2.15. The van der Waals surface area contributed by atoms with E-state index in [1.165, 1.54) is 4.68 Å². The molecule has 0 N–H and O–H groups in total. The molecule has 36 heavy (non-hydrogen) atoms. The summed E-state index contributed by atoms with van der Waals surface area (Å²) in [6.07, 6.45) is 3.04. The highest BCUT2D eigenvalue weighted by atomic mass is 79.9. The summed E-state index contributed by atoms with van der Waals surface area (Å²) < 4.78 is 19.6. The second-order valence-corrected chi connectivity index (χ2v) is 10.3. The van der Waals surface area contributed by atoms with Crippen LogP contribution in [0.2, 0.25) is 5.02 Å². The molecule has 0 radical (unpaired) electrons. The largest absolute Gasteiger partial charge is 0.486 e. The lowest BCUT2D eigenvalue weighted by Crippen LogP contribution is -2.22. The lowest BCUT2D eigenvalue weighted by atomic mass is 10.2. The smallest absolute Gasteiger partial charge is 0.282 e. The Bertz CT molecular complexity index is 1530. The Balaban J connectivity index is 1.40. The van der Waals surface area contributed by atoms with Crippen LogP contribution in [-0.4, -0.2) is 22.7 Å². The molecule has 4 aromatic rings. The van der Waals surface area contributed by atoms with Crippen LogP contribution in [0, 0.1) is 0 Å². The van der Waals surface area contributed by atoms with Gasteiger partial charge in [0.1, 0.15) is 12.4 Å². The van der Waals surface area contributed by atoms with Gasteiger partial charge in [-0.2, -0.15) is 9.78 Å². The van der Waals surface area contributed by atoms with Crippen LogP contribution in [0.5, 0.6) is 17.2 Å². The number of fused-ring (bicyclic) bond motifs is 2. The van der Waals surface area contributed by atoms with E-state index in [1.54, 1.807) is 18.3 Å². The van der Waals surface area contributed by atoms with Crippen LogP contribution in [0.15, 0.2) is 67.4 Å². The van der Waals surface area contributed by atoms with Gasteiger partial charge >= 0.3 is 0 Å². The normalized spacial score (nSPS) is 12.6. The number of benzene rings is 3. The van der Waals surface area contributed by atoms with Gasteiger partial charge in [-0.15, -0.1) is 0 Å². The van der Waals surface area contributed by atoms with Crippen LogP contribution in [0.4, 0.5) is 0 Å². The van der Waals surface area contributed by atoms with Gasteiger partial charge in [-0.1, -0.05) is 40.5 Å². The fourth-order valence-electron chi connectivity index (χ4n) is 3.80. The fraction of sp³-hybridized carbons (Fsp3) is 0.192. The van der Waals surface area contributed by atoms with Crippen molar-refractivity contribution in [1.29, 1.82) is 0 Å². The van der Waals surface area contributed by atoms with Crippen molar-refractivity contribution >= 4 is 60.6 Å². The fourth-order valence-corrected chi connectivity index (χ4v) is 5.15. The number of hydrogen-bond donors (Lipinski definition) is 0. The topological polar surface area (TPSA) is 74.9 Å². The average molecular weight is 634 g/mol. The molecular formula is C26H20Br2ClN3O4. The summed E-state index contributed by atoms with van der Waals surface area (Å²) in [4.78, 5) is 17.9. The van der Waals surface area contributed by atoms with Gasteiger partial charge in [0.15, 0.2) is 17.2 Å². The van der Waals surface area contributed by atoms with E-state index in [0.717, 1.165) is 22.2 Å². The minimum Gasteiger partial charge on any atom is -0.486 e. The SMILES string of the molecule is CCCc1nc2ccc(Br)cc2c(=O)n1N=Cc1cc(Cl)c(OCc2ccc3c(c2)OCO3)c(Br)c1. The Morgan fingerprint density at radius 2 is 1.97 bits per heavy atom. The number of ether oxygens (including phenoxy) is 3. The van der Waals surface area contributed by atoms with Gasteiger partial charge in [0.05, 0.1) is 26.6 Å². The Morgan fingerprint density at radius 3 is 2.78 bits per heavy atom. The minimum atomic E-state index is -0.227. The average Bonchev–Trinajstić information content (AvgIpc) is 3.32. The second kappa shape index (κ2) is 10.6.